The number of unbranched alkanes of at least 4 members (excludes halogenated alkanes) is 1. The van der Waals surface area contributed by atoms with Crippen LogP contribution in [0.1, 0.15) is 19.8 Å². The summed E-state index contributed by atoms with van der Waals surface area (Å²) in [6.45, 7) is 6.43. The zero-order valence-corrected chi connectivity index (χ0v) is 8.20. The van der Waals surface area contributed by atoms with Crippen LogP contribution in [0.25, 0.3) is 0 Å². The van der Waals surface area contributed by atoms with Gasteiger partial charge in [0.2, 0.25) is 0 Å². The van der Waals surface area contributed by atoms with Gasteiger partial charge in [0.1, 0.15) is 0 Å². The molecule has 0 aromatic heterocycles. The number of hydrogen-bond acceptors (Lipinski definition) is 0. The van der Waals surface area contributed by atoms with E-state index in [1.54, 1.807) is 0 Å². The van der Waals surface area contributed by atoms with Crippen LogP contribution in [-0.4, -0.2) is 7.38 Å². The molecule has 0 saturated heterocycles. The van der Waals surface area contributed by atoms with Crippen LogP contribution < -0.4 is 0 Å². The van der Waals surface area contributed by atoms with Crippen LogP contribution in [0.2, 0.25) is 13.1 Å². The van der Waals surface area contributed by atoms with Gasteiger partial charge >= 0.3 is 0 Å². The van der Waals surface area contributed by atoms with Gasteiger partial charge in [-0.1, -0.05) is 38.2 Å². The predicted molar refractivity (Wildman–Crippen MR) is 47.4 cm³/mol. The van der Waals surface area contributed by atoms with Gasteiger partial charge in [0.15, 0.2) is 7.38 Å². The first kappa shape index (κ1) is 9.25. The highest BCUT2D eigenvalue weighted by Crippen LogP contribution is 2.09. The van der Waals surface area contributed by atoms with Crippen LogP contribution in [0.15, 0.2) is 11.8 Å². The molecule has 0 aliphatic heterocycles. The summed E-state index contributed by atoms with van der Waals surface area (Å²) in [4.78, 5) is 0. The highest BCUT2D eigenvalue weighted by atomic mass is 35.6. The van der Waals surface area contributed by atoms with Crippen LogP contribution in [0, 0.1) is 0 Å². The lowest BCUT2D eigenvalue weighted by molar-refractivity contribution is 0.960. The second-order valence-corrected chi connectivity index (χ2v) is 9.14. The van der Waals surface area contributed by atoms with Gasteiger partial charge in [-0.2, -0.15) is 11.1 Å². The first-order valence-corrected chi connectivity index (χ1v) is 7.52. The maximum Gasteiger partial charge on any atom is 0.173 e. The van der Waals surface area contributed by atoms with E-state index in [2.05, 4.69) is 31.8 Å². The van der Waals surface area contributed by atoms with Gasteiger partial charge < -0.3 is 0 Å². The minimum absolute atomic E-state index is 1.17. The molecule has 0 rings (SSSR count). The summed E-state index contributed by atoms with van der Waals surface area (Å²) in [7, 11) is -1.40. The van der Waals surface area contributed by atoms with E-state index in [0.29, 0.717) is 0 Å². The van der Waals surface area contributed by atoms with Gasteiger partial charge in [0, 0.05) is 0 Å². The van der Waals surface area contributed by atoms with E-state index in [1.807, 2.05) is 0 Å². The van der Waals surface area contributed by atoms with E-state index in [9.17, 15) is 0 Å². The van der Waals surface area contributed by atoms with Crippen LogP contribution >= 0.6 is 11.1 Å². The zero-order chi connectivity index (χ0) is 7.33. The normalized spacial score (nSPS) is 12.9. The van der Waals surface area contributed by atoms with Crippen molar-refractivity contribution in [3.05, 3.63) is 11.8 Å². The van der Waals surface area contributed by atoms with Crippen molar-refractivity contribution in [2.45, 2.75) is 32.9 Å². The molecule has 0 fully saturated rings. The molecule has 0 nitrogen and oxygen atoms in total. The van der Waals surface area contributed by atoms with E-state index in [4.69, 9.17) is 11.1 Å². The Morgan fingerprint density at radius 2 is 2.00 bits per heavy atom. The Kier molecular flexibility index (Phi) is 4.24. The van der Waals surface area contributed by atoms with Crippen molar-refractivity contribution in [2.75, 3.05) is 0 Å². The Balaban J connectivity index is 3.45. The highest BCUT2D eigenvalue weighted by molar-refractivity contribution is 7.21. The van der Waals surface area contributed by atoms with E-state index in [0.717, 1.165) is 0 Å². The monoisotopic (exact) mass is 162 g/mol. The molecule has 0 spiro atoms. The molecule has 0 radical (unpaired) electrons. The Morgan fingerprint density at radius 3 is 2.33 bits per heavy atom. The molecule has 0 amide bonds. The van der Waals surface area contributed by atoms with Gasteiger partial charge in [-0.15, -0.1) is 0 Å². The Labute approximate surface area is 63.6 Å². The molecular formula is C7H15ClSi. The molecule has 0 N–H and O–H groups in total. The van der Waals surface area contributed by atoms with Gasteiger partial charge in [0.25, 0.3) is 0 Å². The van der Waals surface area contributed by atoms with Crippen molar-refractivity contribution in [1.29, 1.82) is 0 Å². The third-order valence-corrected chi connectivity index (χ3v) is 2.38. The Bertz CT molecular complexity index is 91.6. The fraction of sp³-hybridized carbons (Fsp3) is 0.714. The summed E-state index contributed by atoms with van der Waals surface area (Å²) in [5, 5.41) is 0. The minimum atomic E-state index is -1.40. The number of hydrogen-bond donors (Lipinski definition) is 0. The fourth-order valence-corrected chi connectivity index (χ4v) is 1.52. The largest absolute Gasteiger partial charge is 0.173 e. The van der Waals surface area contributed by atoms with Crippen molar-refractivity contribution in [1.82, 2.24) is 0 Å². The van der Waals surface area contributed by atoms with Crippen molar-refractivity contribution in [3.8, 4) is 0 Å². The molecule has 0 bridgehead atoms. The van der Waals surface area contributed by atoms with Crippen molar-refractivity contribution in [2.24, 2.45) is 0 Å². The van der Waals surface area contributed by atoms with Crippen molar-refractivity contribution >= 4 is 18.5 Å². The molecule has 0 saturated carbocycles. The van der Waals surface area contributed by atoms with Crippen molar-refractivity contribution < 1.29 is 0 Å². The van der Waals surface area contributed by atoms with E-state index in [-0.39, 0.29) is 0 Å². The second-order valence-electron chi connectivity index (χ2n) is 2.76. The average molecular weight is 163 g/mol. The fourth-order valence-electron chi connectivity index (χ4n) is 0.530. The summed E-state index contributed by atoms with van der Waals surface area (Å²) in [6, 6.07) is 0. The summed E-state index contributed by atoms with van der Waals surface area (Å²) in [6.07, 6.45) is 4.58. The summed E-state index contributed by atoms with van der Waals surface area (Å²) >= 11 is 6.02. The third kappa shape index (κ3) is 8.25. The van der Waals surface area contributed by atoms with Gasteiger partial charge in [-0.05, 0) is 6.42 Å². The van der Waals surface area contributed by atoms with Gasteiger partial charge in [-0.25, -0.2) is 0 Å². The standard InChI is InChI=1S/C7H15ClSi/c1-4-5-6-7-9(2,3)8/h6-7H,4-5H2,1-3H3/b7-6+. The van der Waals surface area contributed by atoms with Crippen LogP contribution in [0.5, 0.6) is 0 Å². The van der Waals surface area contributed by atoms with Crippen molar-refractivity contribution in [3.63, 3.8) is 0 Å². The van der Waals surface area contributed by atoms with E-state index < -0.39 is 7.38 Å². The molecule has 54 valence electrons. The number of rotatable bonds is 3. The minimum Gasteiger partial charge on any atom is -0.162 e. The molecule has 9 heavy (non-hydrogen) atoms. The maximum absolute atomic E-state index is 6.02. The lowest BCUT2D eigenvalue weighted by Gasteiger charge is -2.03. The molecule has 0 atom stereocenters. The maximum atomic E-state index is 6.02. The highest BCUT2D eigenvalue weighted by Gasteiger charge is 2.09. The summed E-state index contributed by atoms with van der Waals surface area (Å²) in [5.74, 6) is 0. The SMILES string of the molecule is CCC/C=C/[Si](C)(C)Cl. The third-order valence-electron chi connectivity index (χ3n) is 0.970. The Hall–Kier alpha value is 0.247. The van der Waals surface area contributed by atoms with E-state index >= 15 is 0 Å². The number of allylic oxidation sites excluding steroid dienone is 1. The summed E-state index contributed by atoms with van der Waals surface area (Å²) < 4.78 is 0. The summed E-state index contributed by atoms with van der Waals surface area (Å²) in [5.41, 5.74) is 2.18. The molecule has 0 aliphatic rings. The zero-order valence-electron chi connectivity index (χ0n) is 6.45. The number of halogens is 1. The molecule has 0 unspecified atom stereocenters. The van der Waals surface area contributed by atoms with Crippen LogP contribution in [0.4, 0.5) is 0 Å². The van der Waals surface area contributed by atoms with Crippen LogP contribution in [-0.2, 0) is 0 Å². The second kappa shape index (κ2) is 4.12. The molecule has 0 aliphatic carbocycles. The lowest BCUT2D eigenvalue weighted by atomic mass is 10.3. The van der Waals surface area contributed by atoms with Crippen LogP contribution in [0.3, 0.4) is 0 Å². The smallest absolute Gasteiger partial charge is 0.162 e. The van der Waals surface area contributed by atoms with E-state index in [1.165, 1.54) is 12.8 Å². The molecule has 0 heterocycles. The molecular weight excluding hydrogens is 148 g/mol. The topological polar surface area (TPSA) is 0 Å². The first-order chi connectivity index (χ1) is 4.06. The molecule has 0 aromatic carbocycles. The average Bonchev–Trinajstić information content (AvgIpc) is 1.63. The first-order valence-electron chi connectivity index (χ1n) is 3.43. The quantitative estimate of drug-likeness (QED) is 0.441. The molecule has 0 aromatic rings. The Morgan fingerprint density at radius 1 is 1.44 bits per heavy atom. The predicted octanol–water partition coefficient (Wildman–Crippen LogP) is 3.33. The molecule has 2 heteroatoms. The van der Waals surface area contributed by atoms with Gasteiger partial charge in [-0.3, -0.25) is 0 Å². The van der Waals surface area contributed by atoms with Gasteiger partial charge in [0.05, 0.1) is 0 Å². The lowest BCUT2D eigenvalue weighted by Crippen LogP contribution is -2.11.